The van der Waals surface area contributed by atoms with E-state index >= 15 is 0 Å². The van der Waals surface area contributed by atoms with E-state index in [1.165, 1.54) is 7.11 Å². The minimum Gasteiger partial charge on any atom is -0.455 e. The van der Waals surface area contributed by atoms with Crippen molar-refractivity contribution in [1.29, 1.82) is 0 Å². The molecule has 3 heterocycles. The van der Waals surface area contributed by atoms with E-state index in [2.05, 4.69) is 37.1 Å². The van der Waals surface area contributed by atoms with Crippen LogP contribution in [0.15, 0.2) is 72.5 Å². The second kappa shape index (κ2) is 10.3. The number of aromatic nitrogens is 1. The number of carbonyl (C=O) groups excluding carboxylic acids is 2. The zero-order valence-corrected chi connectivity index (χ0v) is 24.2. The minimum absolute atomic E-state index is 0.190. The van der Waals surface area contributed by atoms with Gasteiger partial charge in [-0.2, -0.15) is 0 Å². The summed E-state index contributed by atoms with van der Waals surface area (Å²) in [6.45, 7) is 8.08. The Morgan fingerprint density at radius 1 is 1.15 bits per heavy atom. The van der Waals surface area contributed by atoms with Crippen LogP contribution in [0, 0.1) is 29.1 Å². The number of aromatic amines is 1. The van der Waals surface area contributed by atoms with Gasteiger partial charge in [-0.15, -0.1) is 0 Å². The van der Waals surface area contributed by atoms with E-state index in [9.17, 15) is 14.7 Å². The second-order valence-electron chi connectivity index (χ2n) is 12.4. The second-order valence-corrected chi connectivity index (χ2v) is 12.4. The fraction of sp³-hybridized carbons (Fsp3) is 0.515. The standard InChI is InChI=1S/C33H39NO7/c1-18-16-19(2)33-22(17-24(38-5)31(37)39-26(18)21-10-7-6-8-11-21)13-14-32(4)28(33)25(35)20(3)27(29(32)41-33)40-30(36)23-12-9-15-34-23/h6-16,18,20,22,24-29,34-35H,17H2,1-5H3/b19-16+/t18-,20-,22-,24+,25-,26-,27-,28-,29+,32-,33+/m1/s1. The summed E-state index contributed by atoms with van der Waals surface area (Å²) >= 11 is 0. The van der Waals surface area contributed by atoms with E-state index in [4.69, 9.17) is 18.9 Å². The van der Waals surface area contributed by atoms with Gasteiger partial charge in [-0.1, -0.05) is 69.3 Å². The van der Waals surface area contributed by atoms with Crippen LogP contribution >= 0.6 is 0 Å². The van der Waals surface area contributed by atoms with Crippen molar-refractivity contribution in [2.45, 2.75) is 70.2 Å². The van der Waals surface area contributed by atoms with Crippen molar-refractivity contribution in [3.8, 4) is 0 Å². The molecule has 1 aromatic carbocycles. The number of aliphatic hydroxyl groups excluding tert-OH is 1. The highest BCUT2D eigenvalue weighted by atomic mass is 16.6. The van der Waals surface area contributed by atoms with E-state index in [1.807, 2.05) is 44.2 Å². The van der Waals surface area contributed by atoms with E-state index in [-0.39, 0.29) is 23.7 Å². The topological polar surface area (TPSA) is 107 Å². The first-order chi connectivity index (χ1) is 19.6. The highest BCUT2D eigenvalue weighted by Crippen LogP contribution is 2.66. The number of nitrogens with one attached hydrogen (secondary N) is 1. The molecule has 1 saturated heterocycles. The first-order valence-electron chi connectivity index (χ1n) is 14.5. The summed E-state index contributed by atoms with van der Waals surface area (Å²) in [7, 11) is 1.52. The number of benzene rings is 1. The molecule has 4 aliphatic rings. The lowest BCUT2D eigenvalue weighted by molar-refractivity contribution is -0.166. The quantitative estimate of drug-likeness (QED) is 0.409. The number of ether oxygens (including phenoxy) is 4. The Morgan fingerprint density at radius 2 is 1.90 bits per heavy atom. The van der Waals surface area contributed by atoms with Crippen LogP contribution in [0.25, 0.3) is 0 Å². The number of methoxy groups -OCH3 is 1. The van der Waals surface area contributed by atoms with Gasteiger partial charge in [0.05, 0.1) is 6.10 Å². The summed E-state index contributed by atoms with van der Waals surface area (Å²) in [5, 5.41) is 12.0. The molecule has 2 fully saturated rings. The first-order valence-corrected chi connectivity index (χ1v) is 14.5. The van der Waals surface area contributed by atoms with E-state index in [0.29, 0.717) is 12.1 Å². The lowest BCUT2D eigenvalue weighted by atomic mass is 9.51. The zero-order chi connectivity index (χ0) is 29.1. The maximum absolute atomic E-state index is 13.5. The summed E-state index contributed by atoms with van der Waals surface area (Å²) in [6.07, 6.45) is 4.97. The normalized spacial score (nSPS) is 42.9. The van der Waals surface area contributed by atoms with E-state index in [0.717, 1.165) is 11.1 Å². The molecule has 1 aromatic heterocycles. The van der Waals surface area contributed by atoms with Gasteiger partial charge in [-0.05, 0) is 36.6 Å². The number of hydrogen-bond donors (Lipinski definition) is 2. The molecule has 218 valence electrons. The Hall–Kier alpha value is -3.20. The number of cyclic esters (lactones) is 1. The van der Waals surface area contributed by atoms with Crippen LogP contribution in [0.4, 0.5) is 0 Å². The minimum atomic E-state index is -0.931. The molecule has 1 saturated carbocycles. The number of esters is 2. The lowest BCUT2D eigenvalue weighted by Gasteiger charge is -2.52. The van der Waals surface area contributed by atoms with Gasteiger partial charge in [-0.3, -0.25) is 0 Å². The fourth-order valence-electron chi connectivity index (χ4n) is 8.00. The Morgan fingerprint density at radius 3 is 2.59 bits per heavy atom. The van der Waals surface area contributed by atoms with E-state index in [1.54, 1.807) is 18.3 Å². The predicted molar refractivity (Wildman–Crippen MR) is 151 cm³/mol. The Kier molecular flexibility index (Phi) is 6.99. The van der Waals surface area contributed by atoms with E-state index < -0.39 is 53.5 Å². The third-order valence-corrected chi connectivity index (χ3v) is 10.1. The van der Waals surface area contributed by atoms with Crippen LogP contribution in [-0.4, -0.2) is 59.2 Å². The molecule has 2 aromatic rings. The van der Waals surface area contributed by atoms with Gasteiger partial charge in [0.2, 0.25) is 0 Å². The molecule has 0 amide bonds. The van der Waals surface area contributed by atoms with Gasteiger partial charge in [0.15, 0.2) is 6.10 Å². The molecule has 41 heavy (non-hydrogen) atoms. The molecule has 2 N–H and O–H groups in total. The van der Waals surface area contributed by atoms with Crippen molar-refractivity contribution in [1.82, 2.24) is 4.98 Å². The summed E-state index contributed by atoms with van der Waals surface area (Å²) in [5.41, 5.74) is 0.677. The van der Waals surface area contributed by atoms with Crippen LogP contribution in [0.2, 0.25) is 0 Å². The van der Waals surface area contributed by atoms with Crippen molar-refractivity contribution >= 4 is 11.9 Å². The highest BCUT2D eigenvalue weighted by Gasteiger charge is 2.73. The monoisotopic (exact) mass is 561 g/mol. The highest BCUT2D eigenvalue weighted by molar-refractivity contribution is 5.87. The molecule has 8 heteroatoms. The van der Waals surface area contributed by atoms with Crippen LogP contribution in [0.1, 0.15) is 56.3 Å². The van der Waals surface area contributed by atoms with Crippen molar-refractivity contribution in [3.05, 3.63) is 83.7 Å². The molecule has 11 atom stereocenters. The first kappa shape index (κ1) is 27.9. The summed E-state index contributed by atoms with van der Waals surface area (Å²) in [5.74, 6) is -2.07. The van der Waals surface area contributed by atoms with Gasteiger partial charge in [0.1, 0.15) is 29.6 Å². The zero-order valence-electron chi connectivity index (χ0n) is 24.2. The Labute approximate surface area is 240 Å². The predicted octanol–water partition coefficient (Wildman–Crippen LogP) is 4.78. The smallest absolute Gasteiger partial charge is 0.355 e. The Balaban J connectivity index is 1.46. The van der Waals surface area contributed by atoms with Crippen LogP contribution < -0.4 is 0 Å². The summed E-state index contributed by atoms with van der Waals surface area (Å²) in [4.78, 5) is 29.5. The molecular formula is C33H39NO7. The molecule has 4 bridgehead atoms. The number of rotatable bonds is 4. The van der Waals surface area contributed by atoms with Gasteiger partial charge >= 0.3 is 11.9 Å². The number of aliphatic hydroxyl groups is 1. The third-order valence-electron chi connectivity index (χ3n) is 10.1. The average molecular weight is 562 g/mol. The van der Waals surface area contributed by atoms with Crippen molar-refractivity contribution in [2.75, 3.05) is 7.11 Å². The van der Waals surface area contributed by atoms with Crippen molar-refractivity contribution < 1.29 is 33.6 Å². The average Bonchev–Trinajstić information content (AvgIpc) is 3.54. The summed E-state index contributed by atoms with van der Waals surface area (Å²) < 4.78 is 25.0. The maximum atomic E-state index is 13.5. The fourth-order valence-corrected chi connectivity index (χ4v) is 8.00. The van der Waals surface area contributed by atoms with Crippen molar-refractivity contribution in [2.24, 2.45) is 29.1 Å². The van der Waals surface area contributed by atoms with Crippen LogP contribution in [-0.2, 0) is 23.7 Å². The maximum Gasteiger partial charge on any atom is 0.355 e. The third kappa shape index (κ3) is 4.22. The number of H-pyrrole nitrogens is 1. The molecule has 0 unspecified atom stereocenters. The van der Waals surface area contributed by atoms with Gasteiger partial charge < -0.3 is 29.0 Å². The molecular weight excluding hydrogens is 522 g/mol. The van der Waals surface area contributed by atoms with Gasteiger partial charge in [0.25, 0.3) is 0 Å². The van der Waals surface area contributed by atoms with Gasteiger partial charge in [-0.25, -0.2) is 9.59 Å². The molecule has 2 aliphatic carbocycles. The number of hydrogen-bond acceptors (Lipinski definition) is 7. The van der Waals surface area contributed by atoms with Crippen molar-refractivity contribution in [3.63, 3.8) is 0 Å². The molecule has 8 nitrogen and oxygen atoms in total. The molecule has 1 spiro atoms. The number of carbonyl (C=O) groups is 2. The molecule has 0 radical (unpaired) electrons. The Bertz CT molecular complexity index is 1350. The molecule has 6 rings (SSSR count). The molecule has 2 aliphatic heterocycles. The van der Waals surface area contributed by atoms with Crippen LogP contribution in [0.5, 0.6) is 0 Å². The largest absolute Gasteiger partial charge is 0.455 e. The lowest BCUT2D eigenvalue weighted by Crippen LogP contribution is -2.61. The van der Waals surface area contributed by atoms with Crippen LogP contribution in [0.3, 0.4) is 0 Å². The summed E-state index contributed by atoms with van der Waals surface area (Å²) in [6, 6.07) is 13.1. The van der Waals surface area contributed by atoms with Gasteiger partial charge in [0, 0.05) is 42.4 Å². The SMILES string of the molecule is CO[C@H]1C[C@H]2C=C[C@]3(C)[C@H]4[C@H](O)[C@@H](C)[C@@H](OC(=O)c5ccc[nH]5)[C@@H]3O[C@@]24/C(C)=C/[C@@H](C)[C@H](c2ccccc2)OC1=O.